The first-order valence-electron chi connectivity index (χ1n) is 20.2. The van der Waals surface area contributed by atoms with Crippen LogP contribution in [-0.4, -0.2) is 30.4 Å². The Balaban J connectivity index is 4.24. The first-order valence-corrected chi connectivity index (χ1v) is 18.1. The second-order valence-corrected chi connectivity index (χ2v) is 12.0. The smallest absolute Gasteiger partial charge is 0.306 e. The molecule has 0 aliphatic heterocycles. The molecule has 0 aliphatic carbocycles. The number of hydrogen-bond donors (Lipinski definition) is 0. The quantitative estimate of drug-likeness (QED) is 0.0318. The molecule has 0 amide bonds. The maximum absolute atomic E-state index is 12.5. The van der Waals surface area contributed by atoms with Crippen molar-refractivity contribution >= 4 is 23.5 Å². The normalized spacial score (nSPS) is 15.4. The topological polar surface area (TPSA) is 52.6 Å². The molecule has 1 unspecified atom stereocenters. The van der Waals surface area contributed by atoms with Crippen LogP contribution in [0.15, 0.2) is 12.2 Å². The Morgan fingerprint density at radius 2 is 0.952 bits per heavy atom. The van der Waals surface area contributed by atoms with Gasteiger partial charge in [0.15, 0.2) is 0 Å². The summed E-state index contributed by atoms with van der Waals surface area (Å²) in [6.45, 7) is 1.19. The average Bonchev–Trinajstić information content (AvgIpc) is 3.00. The second-order valence-electron chi connectivity index (χ2n) is 11.8. The molecule has 0 heterocycles. The molecular formula is C37H69ClO4. The van der Waals surface area contributed by atoms with Crippen molar-refractivity contribution < 1.29 is 25.9 Å². The van der Waals surface area contributed by atoms with Gasteiger partial charge in [0.05, 0.1) is 9.94 Å². The lowest BCUT2D eigenvalue weighted by Crippen LogP contribution is -2.26. The monoisotopic (exact) mass is 618 g/mol. The van der Waals surface area contributed by atoms with Gasteiger partial charge in [-0.2, -0.15) is 0 Å². The maximum atomic E-state index is 12.5. The molecule has 0 spiro atoms. The van der Waals surface area contributed by atoms with Crippen molar-refractivity contribution in [3.8, 4) is 0 Å². The van der Waals surface area contributed by atoms with Gasteiger partial charge in [0.2, 0.25) is 0 Å². The Hall–Kier alpha value is -1.03. The fourth-order valence-electron chi connectivity index (χ4n) is 5.01. The van der Waals surface area contributed by atoms with Gasteiger partial charge in [-0.25, -0.2) is 0 Å². The minimum Gasteiger partial charge on any atom is -0.462 e. The third-order valence-electron chi connectivity index (χ3n) is 7.69. The van der Waals surface area contributed by atoms with Crippen molar-refractivity contribution in [2.24, 2.45) is 0 Å². The maximum Gasteiger partial charge on any atom is 0.306 e. The highest BCUT2D eigenvalue weighted by molar-refractivity contribution is 6.18. The molecule has 0 saturated heterocycles. The third-order valence-corrected chi connectivity index (χ3v) is 7.86. The second kappa shape index (κ2) is 34.5. The number of carbonyl (C=O) groups excluding carboxylic acids is 2. The molecule has 0 fully saturated rings. The van der Waals surface area contributed by atoms with Crippen molar-refractivity contribution in [1.29, 1.82) is 0 Å². The summed E-state index contributed by atoms with van der Waals surface area (Å²) in [4.78, 5) is 24.9. The molecule has 0 aromatic heterocycles. The molecule has 248 valence electrons. The zero-order chi connectivity index (χ0) is 35.3. The van der Waals surface area contributed by atoms with E-state index in [1.807, 2.05) is 0 Å². The number of ether oxygens (including phenoxy) is 2. The fourth-order valence-corrected chi connectivity index (χ4v) is 5.08. The summed E-state index contributed by atoms with van der Waals surface area (Å²) >= 11 is 5.72. The van der Waals surface area contributed by atoms with Gasteiger partial charge in [-0.15, -0.1) is 11.6 Å². The van der Waals surface area contributed by atoms with Gasteiger partial charge >= 0.3 is 11.9 Å². The minimum absolute atomic E-state index is 0.0680. The van der Waals surface area contributed by atoms with E-state index in [0.29, 0.717) is 12.8 Å². The Kier molecular flexibility index (Phi) is 26.6. The van der Waals surface area contributed by atoms with E-state index in [2.05, 4.69) is 26.0 Å². The Morgan fingerprint density at radius 1 is 0.595 bits per heavy atom. The van der Waals surface area contributed by atoms with Crippen LogP contribution in [0, 0.1) is 0 Å². The first kappa shape index (κ1) is 32.4. The lowest BCUT2D eigenvalue weighted by molar-refractivity contribution is -0.157. The van der Waals surface area contributed by atoms with Crippen molar-refractivity contribution in [3.05, 3.63) is 12.2 Å². The van der Waals surface area contributed by atoms with E-state index in [0.717, 1.165) is 64.2 Å². The summed E-state index contributed by atoms with van der Waals surface area (Å²) in [5.74, 6) is -4.99. The van der Waals surface area contributed by atoms with Crippen LogP contribution in [0.3, 0.4) is 0 Å². The van der Waals surface area contributed by atoms with Gasteiger partial charge in [0, 0.05) is 15.6 Å². The molecule has 0 aromatic rings. The number of alkyl halides is 1. The van der Waals surface area contributed by atoms with E-state index >= 15 is 0 Å². The van der Waals surface area contributed by atoms with Gasteiger partial charge in [-0.1, -0.05) is 154 Å². The van der Waals surface area contributed by atoms with E-state index in [1.54, 1.807) is 0 Å². The van der Waals surface area contributed by atoms with E-state index in [-0.39, 0.29) is 12.8 Å². The fraction of sp³-hybridized carbons (Fsp3) is 0.892. The highest BCUT2D eigenvalue weighted by Crippen LogP contribution is 2.14. The number of carbonyl (C=O) groups is 2. The van der Waals surface area contributed by atoms with Crippen LogP contribution < -0.4 is 0 Å². The van der Waals surface area contributed by atoms with Crippen LogP contribution in [0.4, 0.5) is 0 Å². The third kappa shape index (κ3) is 31.9. The van der Waals surface area contributed by atoms with Gasteiger partial charge in [0.1, 0.15) is 12.6 Å². The van der Waals surface area contributed by atoms with Crippen molar-refractivity contribution in [2.45, 2.75) is 200 Å². The number of allylic oxidation sites excluding steroid dienone is 2. The number of rotatable bonds is 33. The van der Waals surface area contributed by atoms with Crippen molar-refractivity contribution in [2.75, 3.05) is 12.4 Å². The average molecular weight is 618 g/mol. The highest BCUT2D eigenvalue weighted by Gasteiger charge is 2.16. The van der Waals surface area contributed by atoms with Crippen LogP contribution in [0.1, 0.15) is 200 Å². The molecule has 0 rings (SSSR count). The van der Waals surface area contributed by atoms with E-state index in [4.69, 9.17) is 27.9 Å². The first-order chi connectivity index (χ1) is 22.4. The zero-order valence-corrected chi connectivity index (χ0v) is 28.2. The van der Waals surface area contributed by atoms with Crippen LogP contribution in [0.5, 0.6) is 0 Å². The zero-order valence-electron chi connectivity index (χ0n) is 32.5. The predicted molar refractivity (Wildman–Crippen MR) is 181 cm³/mol. The lowest BCUT2D eigenvalue weighted by atomic mass is 10.0. The molecule has 0 saturated carbocycles. The van der Waals surface area contributed by atoms with E-state index < -0.39 is 30.4 Å². The number of esters is 2. The molecule has 0 bridgehead atoms. The van der Waals surface area contributed by atoms with Gasteiger partial charge in [-0.3, -0.25) is 9.59 Å². The Labute approximate surface area is 273 Å². The summed E-state index contributed by atoms with van der Waals surface area (Å²) in [7, 11) is 0. The summed E-state index contributed by atoms with van der Waals surface area (Å²) in [5.41, 5.74) is 0. The molecule has 0 aliphatic rings. The Morgan fingerprint density at radius 3 is 1.36 bits per heavy atom. The Bertz CT molecular complexity index is 806. The molecule has 1 atom stereocenters. The molecule has 0 aromatic carbocycles. The number of unbranched alkanes of at least 4 members (excludes halogenated alkanes) is 23. The number of halogens is 1. The van der Waals surface area contributed by atoms with Crippen molar-refractivity contribution in [1.82, 2.24) is 0 Å². The van der Waals surface area contributed by atoms with Gasteiger partial charge in [-0.05, 0) is 38.5 Å². The van der Waals surface area contributed by atoms with E-state index in [9.17, 15) is 9.59 Å². The standard InChI is InChI=1S/C37H69ClO4/c1-3-5-7-9-11-13-15-17-18-20-22-24-26-28-30-32-37(40)42-35(33-38)34-41-36(39)31-29-27-25-23-21-19-16-14-12-10-8-6-4-2/h17-18,35H,3-16,19-34H2,1-2H3/b18-17-/i33D2,34D2,35D. The molecule has 42 heavy (non-hydrogen) atoms. The van der Waals surface area contributed by atoms with E-state index in [1.165, 1.54) is 89.9 Å². The van der Waals surface area contributed by atoms with Crippen molar-refractivity contribution in [3.63, 3.8) is 0 Å². The summed E-state index contributed by atoms with van der Waals surface area (Å²) in [5, 5.41) is 0. The highest BCUT2D eigenvalue weighted by atomic mass is 35.5. The molecule has 0 N–H and O–H groups in total. The molecule has 4 nitrogen and oxygen atoms in total. The number of hydrogen-bond acceptors (Lipinski definition) is 4. The van der Waals surface area contributed by atoms with Gasteiger partial charge < -0.3 is 9.47 Å². The lowest BCUT2D eigenvalue weighted by Gasteiger charge is -2.15. The van der Waals surface area contributed by atoms with Crippen LogP contribution in [0.25, 0.3) is 0 Å². The molecular weight excluding hydrogens is 544 g/mol. The largest absolute Gasteiger partial charge is 0.462 e. The summed E-state index contributed by atoms with van der Waals surface area (Å²) in [6, 6.07) is 0. The minimum atomic E-state index is -3.27. The molecule has 5 heteroatoms. The molecule has 0 radical (unpaired) electrons. The van der Waals surface area contributed by atoms with Crippen LogP contribution in [0.2, 0.25) is 0 Å². The van der Waals surface area contributed by atoms with Crippen LogP contribution >= 0.6 is 11.6 Å². The SMILES string of the molecule is [2H]C([2H])(Cl)C([2H])(OC(=O)CCCCCCC/C=C\CCCCCCCC)C([2H])([2H])OC(=O)CCCCCCCCCCCCCCC. The van der Waals surface area contributed by atoms with Crippen LogP contribution in [-0.2, 0) is 19.1 Å². The summed E-state index contributed by atoms with van der Waals surface area (Å²) < 4.78 is 50.1. The predicted octanol–water partition coefficient (Wildman–Crippen LogP) is 12.2. The van der Waals surface area contributed by atoms with Gasteiger partial charge in [0.25, 0.3) is 0 Å². The summed E-state index contributed by atoms with van der Waals surface area (Å²) in [6.07, 6.45) is 30.3.